The Morgan fingerprint density at radius 2 is 0.862 bits per heavy atom. The quantitative estimate of drug-likeness (QED) is 0.162. The fraction of sp³-hybridized carbons (Fsp3) is 0. The van der Waals surface area contributed by atoms with Gasteiger partial charge in [-0.1, -0.05) is 176 Å². The maximum Gasteiger partial charge on any atom is 0.137 e. The van der Waals surface area contributed by atoms with E-state index in [1.165, 1.54) is 38.2 Å². The molecule has 11 rings (SSSR count). The summed E-state index contributed by atoms with van der Waals surface area (Å²) < 4.78 is 48.4. The summed E-state index contributed by atoms with van der Waals surface area (Å²) in [5.41, 5.74) is 11.6. The molecule has 0 N–H and O–H groups in total. The van der Waals surface area contributed by atoms with Crippen molar-refractivity contribution in [3.63, 3.8) is 0 Å². The molecule has 10 aromatic carbocycles. The lowest BCUT2D eigenvalue weighted by Gasteiger charge is -2.26. The van der Waals surface area contributed by atoms with E-state index in [2.05, 4.69) is 169 Å². The van der Waals surface area contributed by atoms with E-state index in [0.29, 0.717) is 16.7 Å². The second-order valence-electron chi connectivity index (χ2n) is 14.5. The lowest BCUT2D eigenvalue weighted by atomic mass is 9.96. The molecule has 0 bridgehead atoms. The lowest BCUT2D eigenvalue weighted by Crippen LogP contribution is -2.10. The summed E-state index contributed by atoms with van der Waals surface area (Å²) in [5, 5.41) is 6.58. The predicted octanol–water partition coefficient (Wildman–Crippen LogP) is 16.0. The van der Waals surface area contributed by atoms with E-state index in [-0.39, 0.29) is 29.7 Å². The molecule has 0 aliphatic carbocycles. The normalized spacial score (nSPS) is 12.7. The van der Waals surface area contributed by atoms with E-state index in [4.69, 9.17) is 11.3 Å². The van der Waals surface area contributed by atoms with Crippen LogP contribution in [0.2, 0.25) is 0 Å². The lowest BCUT2D eigenvalue weighted by molar-refractivity contribution is 0.669. The second kappa shape index (κ2) is 14.1. The van der Waals surface area contributed by atoms with Crippen molar-refractivity contribution in [3.05, 3.63) is 224 Å². The molecular weight excluding hydrogens is 703 g/mol. The smallest absolute Gasteiger partial charge is 0.137 e. The van der Waals surface area contributed by atoms with Gasteiger partial charge in [0, 0.05) is 16.8 Å². The van der Waals surface area contributed by atoms with Crippen LogP contribution in [0.5, 0.6) is 0 Å². The molecule has 0 unspecified atom stereocenters. The van der Waals surface area contributed by atoms with Gasteiger partial charge in [0.1, 0.15) is 11.2 Å². The number of furan rings is 1. The van der Waals surface area contributed by atoms with Crippen molar-refractivity contribution < 1.29 is 11.3 Å². The first-order valence-electron chi connectivity index (χ1n) is 21.9. The van der Waals surface area contributed by atoms with Gasteiger partial charge in [0.15, 0.2) is 0 Å². The molecule has 58 heavy (non-hydrogen) atoms. The van der Waals surface area contributed by atoms with Gasteiger partial charge in [-0.3, -0.25) is 0 Å². The molecule has 0 atom stereocenters. The SMILES string of the molecule is [2H]c1c([2H])c([2H])c(-c2ccc3c(c2)oc2cccc(N(c4ccc(-c5ccc(-c6cccc7ccccc67)cc5)cc4)c4ccc(-c5cccc6ccccc56)cc4)c23)c([2H])c1[2H]. The van der Waals surface area contributed by atoms with E-state index in [1.807, 2.05) is 24.3 Å². The third-order valence-electron chi connectivity index (χ3n) is 11.2. The number of hydrogen-bond acceptors (Lipinski definition) is 2. The van der Waals surface area contributed by atoms with Crippen molar-refractivity contribution in [3.8, 4) is 44.5 Å². The van der Waals surface area contributed by atoms with Crippen molar-refractivity contribution >= 4 is 60.5 Å². The number of hydrogen-bond donors (Lipinski definition) is 0. The zero-order chi connectivity index (χ0) is 42.8. The van der Waals surface area contributed by atoms with Crippen molar-refractivity contribution in [1.82, 2.24) is 0 Å². The Kier molecular flexibility index (Phi) is 6.98. The molecule has 0 saturated carbocycles. The molecule has 0 aliphatic rings. The van der Waals surface area contributed by atoms with Crippen molar-refractivity contribution in [1.29, 1.82) is 0 Å². The molecule has 2 nitrogen and oxygen atoms in total. The van der Waals surface area contributed by atoms with Crippen LogP contribution in [0.3, 0.4) is 0 Å². The summed E-state index contributed by atoms with van der Waals surface area (Å²) in [4.78, 5) is 2.25. The van der Waals surface area contributed by atoms with Crippen LogP contribution in [0, 0.1) is 0 Å². The minimum atomic E-state index is -0.420. The predicted molar refractivity (Wildman–Crippen MR) is 245 cm³/mol. The molecule has 0 radical (unpaired) electrons. The molecule has 0 aliphatic heterocycles. The van der Waals surface area contributed by atoms with E-state index in [9.17, 15) is 0 Å². The summed E-state index contributed by atoms with van der Waals surface area (Å²) in [5.74, 6) is 0. The molecule has 1 aromatic heterocycles. The molecule has 0 fully saturated rings. The molecule has 0 saturated heterocycles. The first-order chi connectivity index (χ1) is 30.8. The van der Waals surface area contributed by atoms with E-state index < -0.39 is 6.04 Å². The Morgan fingerprint density at radius 3 is 1.48 bits per heavy atom. The van der Waals surface area contributed by atoms with Crippen LogP contribution in [-0.2, 0) is 0 Å². The number of fused-ring (bicyclic) bond motifs is 5. The maximum absolute atomic E-state index is 8.61. The molecule has 11 aromatic rings. The zero-order valence-corrected chi connectivity index (χ0v) is 31.3. The van der Waals surface area contributed by atoms with E-state index in [1.54, 1.807) is 6.07 Å². The van der Waals surface area contributed by atoms with Gasteiger partial charge in [0.25, 0.3) is 0 Å². The Hall–Kier alpha value is -7.68. The van der Waals surface area contributed by atoms with Gasteiger partial charge in [0.05, 0.1) is 17.9 Å². The number of benzene rings is 10. The van der Waals surface area contributed by atoms with E-state index >= 15 is 0 Å². The fourth-order valence-electron chi connectivity index (χ4n) is 8.36. The number of nitrogens with zero attached hydrogens (tertiary/aromatic N) is 1. The van der Waals surface area contributed by atoms with Crippen LogP contribution >= 0.6 is 0 Å². The molecule has 0 amide bonds. The van der Waals surface area contributed by atoms with Crippen LogP contribution < -0.4 is 4.90 Å². The average molecular weight is 745 g/mol. The molecule has 0 spiro atoms. The zero-order valence-electron chi connectivity index (χ0n) is 36.3. The van der Waals surface area contributed by atoms with Crippen LogP contribution in [0.15, 0.2) is 229 Å². The van der Waals surface area contributed by atoms with Gasteiger partial charge in [-0.25, -0.2) is 0 Å². The highest BCUT2D eigenvalue weighted by Gasteiger charge is 2.20. The Labute approximate surface area is 344 Å². The molecule has 1 heterocycles. The summed E-state index contributed by atoms with van der Waals surface area (Å²) in [6.07, 6.45) is 0. The summed E-state index contributed by atoms with van der Waals surface area (Å²) in [6, 6.07) is 65.7. The monoisotopic (exact) mass is 744 g/mol. The third-order valence-corrected chi connectivity index (χ3v) is 11.2. The van der Waals surface area contributed by atoms with Gasteiger partial charge in [-0.2, -0.15) is 0 Å². The van der Waals surface area contributed by atoms with Gasteiger partial charge >= 0.3 is 0 Å². The third kappa shape index (κ3) is 5.91. The Balaban J connectivity index is 1.02. The molecular formula is C56H37NO. The van der Waals surface area contributed by atoms with Crippen LogP contribution in [0.1, 0.15) is 6.85 Å². The average Bonchev–Trinajstić information content (AvgIpc) is 3.72. The van der Waals surface area contributed by atoms with Crippen molar-refractivity contribution in [2.75, 3.05) is 4.90 Å². The van der Waals surface area contributed by atoms with Crippen LogP contribution in [-0.4, -0.2) is 0 Å². The summed E-state index contributed by atoms with van der Waals surface area (Å²) in [7, 11) is 0. The minimum Gasteiger partial charge on any atom is -0.456 e. The Bertz CT molecular complexity index is 3520. The van der Waals surface area contributed by atoms with Gasteiger partial charge < -0.3 is 9.32 Å². The first kappa shape index (κ1) is 28.7. The molecule has 2 heteroatoms. The van der Waals surface area contributed by atoms with E-state index in [0.717, 1.165) is 44.5 Å². The maximum atomic E-state index is 8.61. The summed E-state index contributed by atoms with van der Waals surface area (Å²) in [6.45, 7) is 0. The highest BCUT2D eigenvalue weighted by atomic mass is 16.3. The summed E-state index contributed by atoms with van der Waals surface area (Å²) >= 11 is 0. The highest BCUT2D eigenvalue weighted by Crippen LogP contribution is 2.44. The number of anilines is 3. The van der Waals surface area contributed by atoms with Gasteiger partial charge in [-0.05, 0) is 115 Å². The topological polar surface area (TPSA) is 16.4 Å². The van der Waals surface area contributed by atoms with Crippen LogP contribution in [0.25, 0.3) is 88.0 Å². The molecule has 272 valence electrons. The minimum absolute atomic E-state index is 0.139. The standard InChI is InChI=1S/C56H37NO/c1-2-11-38(12-3-1)45-31-36-52-55(37-45)58-54-22-10-21-53(56(52)54)57(47-34-29-44(30-35-47)51-20-9-16-42-14-5-7-18-49(42)51)46-32-27-40(28-33-46)39-23-25-43(26-24-39)50-19-8-15-41-13-4-6-17-48(41)50/h1-37H/i1D,2D,3D,11D,12D. The Morgan fingerprint density at radius 1 is 0.362 bits per heavy atom. The van der Waals surface area contributed by atoms with Gasteiger partial charge in [-0.15, -0.1) is 0 Å². The number of rotatable bonds is 7. The van der Waals surface area contributed by atoms with Crippen LogP contribution in [0.4, 0.5) is 17.1 Å². The van der Waals surface area contributed by atoms with Crippen molar-refractivity contribution in [2.45, 2.75) is 0 Å². The fourth-order valence-corrected chi connectivity index (χ4v) is 8.36. The second-order valence-corrected chi connectivity index (χ2v) is 14.5. The largest absolute Gasteiger partial charge is 0.456 e. The highest BCUT2D eigenvalue weighted by molar-refractivity contribution is 6.14. The van der Waals surface area contributed by atoms with Gasteiger partial charge in [0.2, 0.25) is 0 Å². The first-order valence-corrected chi connectivity index (χ1v) is 19.4. The van der Waals surface area contributed by atoms with Crippen molar-refractivity contribution in [2.24, 2.45) is 0 Å².